The number of H-pyrrole nitrogens is 1. The number of rotatable bonds is 3. The van der Waals surface area contributed by atoms with Gasteiger partial charge in [0, 0.05) is 16.3 Å². The molecular weight excluding hydrogens is 394 g/mol. The lowest BCUT2D eigenvalue weighted by Gasteiger charge is -2.02. The van der Waals surface area contributed by atoms with Gasteiger partial charge in [-0.2, -0.15) is 0 Å². The van der Waals surface area contributed by atoms with E-state index in [0.29, 0.717) is 32.9 Å². The highest BCUT2D eigenvalue weighted by atomic mass is 32.1. The van der Waals surface area contributed by atoms with Gasteiger partial charge in [-0.15, -0.1) is 11.3 Å². The van der Waals surface area contributed by atoms with Crippen LogP contribution in [-0.2, 0) is 0 Å². The van der Waals surface area contributed by atoms with Crippen LogP contribution < -0.4 is 16.7 Å². The quantitative estimate of drug-likeness (QED) is 0.443. The fourth-order valence-electron chi connectivity index (χ4n) is 2.96. The van der Waals surface area contributed by atoms with Crippen LogP contribution in [0.4, 0.5) is 5.13 Å². The fourth-order valence-corrected chi connectivity index (χ4v) is 3.67. The average Bonchev–Trinajstić information content (AvgIpc) is 3.32. The van der Waals surface area contributed by atoms with Gasteiger partial charge in [-0.1, -0.05) is 18.2 Å². The first-order chi connectivity index (χ1) is 14.1. The summed E-state index contributed by atoms with van der Waals surface area (Å²) in [5.41, 5.74) is 1.96. The Labute approximate surface area is 165 Å². The third kappa shape index (κ3) is 3.13. The van der Waals surface area contributed by atoms with E-state index in [2.05, 4.69) is 15.3 Å². The number of aromatic nitrogens is 2. The number of para-hydroxylation sites is 1. The number of nitrogens with zero attached hydrogens (tertiary/aromatic N) is 1. The summed E-state index contributed by atoms with van der Waals surface area (Å²) in [6.07, 6.45) is 0. The number of nitrogens with one attached hydrogen (secondary N) is 2. The third-order valence-electron chi connectivity index (χ3n) is 4.33. The van der Waals surface area contributed by atoms with Crippen molar-refractivity contribution in [3.05, 3.63) is 80.4 Å². The van der Waals surface area contributed by atoms with E-state index in [9.17, 15) is 14.4 Å². The van der Waals surface area contributed by atoms with Crippen molar-refractivity contribution in [2.24, 2.45) is 0 Å². The zero-order valence-corrected chi connectivity index (χ0v) is 15.4. The number of fused-ring (bicyclic) bond motifs is 2. The Hall–Kier alpha value is -3.98. The standard InChI is InChI=1S/C20H11N3O5S/c24-17(12-7-11-3-1-2-4-15(11)27-18(12)25)23-19-21-14(9-29-19)10-5-6-16-13(8-10)22-20(26)28-16/h1-9H,(H,22,26)(H,21,23,24). The maximum absolute atomic E-state index is 12.5. The van der Waals surface area contributed by atoms with Crippen molar-refractivity contribution < 1.29 is 13.6 Å². The summed E-state index contributed by atoms with van der Waals surface area (Å²) in [4.78, 5) is 42.9. The Kier molecular flexibility index (Phi) is 3.88. The van der Waals surface area contributed by atoms with E-state index in [1.165, 1.54) is 17.4 Å². The summed E-state index contributed by atoms with van der Waals surface area (Å²) in [5.74, 6) is -1.13. The van der Waals surface area contributed by atoms with Crippen molar-refractivity contribution in [3.63, 3.8) is 0 Å². The van der Waals surface area contributed by atoms with Crippen LogP contribution >= 0.6 is 11.3 Å². The van der Waals surface area contributed by atoms with E-state index in [1.807, 2.05) is 0 Å². The minimum absolute atomic E-state index is 0.0992. The first kappa shape index (κ1) is 17.1. The van der Waals surface area contributed by atoms with Crippen LogP contribution in [-0.4, -0.2) is 15.9 Å². The molecule has 0 radical (unpaired) electrons. The highest BCUT2D eigenvalue weighted by Crippen LogP contribution is 2.27. The normalized spacial score (nSPS) is 11.2. The molecule has 0 spiro atoms. The lowest BCUT2D eigenvalue weighted by atomic mass is 10.1. The molecule has 1 amide bonds. The summed E-state index contributed by atoms with van der Waals surface area (Å²) < 4.78 is 10.2. The molecule has 0 aliphatic carbocycles. The van der Waals surface area contributed by atoms with Gasteiger partial charge in [0.05, 0.1) is 11.2 Å². The number of carbonyl (C=O) groups is 1. The van der Waals surface area contributed by atoms with Crippen LogP contribution in [0.1, 0.15) is 10.4 Å². The maximum Gasteiger partial charge on any atom is 0.417 e. The molecule has 0 saturated carbocycles. The van der Waals surface area contributed by atoms with Crippen LogP contribution in [0.3, 0.4) is 0 Å². The number of benzene rings is 2. The molecule has 2 N–H and O–H groups in total. The summed E-state index contributed by atoms with van der Waals surface area (Å²) in [7, 11) is 0. The molecule has 0 aliphatic heterocycles. The second-order valence-electron chi connectivity index (χ2n) is 6.20. The number of amides is 1. The van der Waals surface area contributed by atoms with E-state index in [-0.39, 0.29) is 5.56 Å². The molecule has 0 fully saturated rings. The molecule has 29 heavy (non-hydrogen) atoms. The van der Waals surface area contributed by atoms with Gasteiger partial charge in [0.2, 0.25) is 0 Å². The highest BCUT2D eigenvalue weighted by Gasteiger charge is 2.16. The molecule has 9 heteroatoms. The minimum atomic E-state index is -0.715. The second kappa shape index (κ2) is 6.57. The van der Waals surface area contributed by atoms with Crippen molar-refractivity contribution in [1.29, 1.82) is 0 Å². The number of oxazole rings is 1. The Morgan fingerprint density at radius 2 is 1.90 bits per heavy atom. The molecule has 2 aromatic carbocycles. The smallest absolute Gasteiger partial charge is 0.417 e. The zero-order valence-electron chi connectivity index (χ0n) is 14.6. The Morgan fingerprint density at radius 1 is 1.03 bits per heavy atom. The molecule has 0 aliphatic rings. The molecule has 3 heterocycles. The van der Waals surface area contributed by atoms with Crippen molar-refractivity contribution in [2.75, 3.05) is 5.32 Å². The topological polar surface area (TPSA) is 118 Å². The number of hydrogen-bond donors (Lipinski definition) is 2. The van der Waals surface area contributed by atoms with Crippen molar-refractivity contribution in [1.82, 2.24) is 9.97 Å². The molecule has 142 valence electrons. The van der Waals surface area contributed by atoms with Gasteiger partial charge in [0.25, 0.3) is 5.91 Å². The van der Waals surface area contributed by atoms with E-state index < -0.39 is 17.3 Å². The van der Waals surface area contributed by atoms with Gasteiger partial charge >= 0.3 is 11.4 Å². The number of hydrogen-bond acceptors (Lipinski definition) is 7. The monoisotopic (exact) mass is 405 g/mol. The SMILES string of the molecule is O=C(Nc1nc(-c2ccc3oc(=O)[nH]c3c2)cs1)c1cc2ccccc2oc1=O. The average molecular weight is 405 g/mol. The summed E-state index contributed by atoms with van der Waals surface area (Å²) >= 11 is 1.22. The molecular formula is C20H11N3O5S. The van der Waals surface area contributed by atoms with Crippen LogP contribution in [0.25, 0.3) is 33.3 Å². The zero-order chi connectivity index (χ0) is 20.0. The van der Waals surface area contributed by atoms with E-state index in [1.54, 1.807) is 47.8 Å². The largest absolute Gasteiger partial charge is 0.422 e. The van der Waals surface area contributed by atoms with Gasteiger partial charge in [-0.05, 0) is 30.3 Å². The molecule has 0 unspecified atom stereocenters. The van der Waals surface area contributed by atoms with Crippen LogP contribution in [0, 0.1) is 0 Å². The van der Waals surface area contributed by atoms with E-state index in [0.717, 1.165) is 5.56 Å². The van der Waals surface area contributed by atoms with Crippen molar-refractivity contribution >= 4 is 44.4 Å². The lowest BCUT2D eigenvalue weighted by Crippen LogP contribution is -2.20. The van der Waals surface area contributed by atoms with Gasteiger partial charge in [-0.3, -0.25) is 15.1 Å². The number of thiazole rings is 1. The van der Waals surface area contributed by atoms with Gasteiger partial charge in [-0.25, -0.2) is 14.6 Å². The molecule has 5 aromatic rings. The summed E-state index contributed by atoms with van der Waals surface area (Å²) in [6.45, 7) is 0. The molecule has 0 bridgehead atoms. The lowest BCUT2D eigenvalue weighted by molar-refractivity contribution is 0.102. The van der Waals surface area contributed by atoms with Gasteiger partial charge in [0.15, 0.2) is 10.7 Å². The van der Waals surface area contributed by atoms with Crippen LogP contribution in [0.15, 0.2) is 72.3 Å². The molecule has 3 aromatic heterocycles. The predicted molar refractivity (Wildman–Crippen MR) is 108 cm³/mol. The third-order valence-corrected chi connectivity index (χ3v) is 5.08. The highest BCUT2D eigenvalue weighted by molar-refractivity contribution is 7.14. The molecule has 0 atom stereocenters. The van der Waals surface area contributed by atoms with Crippen LogP contribution in [0.2, 0.25) is 0 Å². The number of aromatic amines is 1. The summed E-state index contributed by atoms with van der Waals surface area (Å²) in [5, 5.41) is 5.37. The predicted octanol–water partition coefficient (Wildman–Crippen LogP) is 3.60. The summed E-state index contributed by atoms with van der Waals surface area (Å²) in [6, 6.07) is 13.6. The Balaban J connectivity index is 1.43. The first-order valence-corrected chi connectivity index (χ1v) is 9.38. The molecule has 8 nitrogen and oxygen atoms in total. The van der Waals surface area contributed by atoms with Crippen molar-refractivity contribution in [2.45, 2.75) is 0 Å². The first-order valence-electron chi connectivity index (χ1n) is 8.50. The van der Waals surface area contributed by atoms with Crippen LogP contribution in [0.5, 0.6) is 0 Å². The fraction of sp³-hybridized carbons (Fsp3) is 0. The van der Waals surface area contributed by atoms with Gasteiger partial charge in [0.1, 0.15) is 11.1 Å². The number of anilines is 1. The van der Waals surface area contributed by atoms with Gasteiger partial charge < -0.3 is 8.83 Å². The van der Waals surface area contributed by atoms with E-state index >= 15 is 0 Å². The second-order valence-corrected chi connectivity index (χ2v) is 7.06. The number of carbonyl (C=O) groups excluding carboxylic acids is 1. The Bertz CT molecular complexity index is 1510. The molecule has 5 rings (SSSR count). The van der Waals surface area contributed by atoms with E-state index in [4.69, 9.17) is 8.83 Å². The minimum Gasteiger partial charge on any atom is -0.422 e. The molecule has 0 saturated heterocycles. The Morgan fingerprint density at radius 3 is 2.79 bits per heavy atom. The van der Waals surface area contributed by atoms with Crippen molar-refractivity contribution in [3.8, 4) is 11.3 Å². The maximum atomic E-state index is 12.5.